The summed E-state index contributed by atoms with van der Waals surface area (Å²) in [6, 6.07) is 0.0369. The number of hydrogen-bond donors (Lipinski definition) is 1. The molecule has 1 aliphatic rings. The van der Waals surface area contributed by atoms with Crippen LogP contribution in [0.15, 0.2) is 0 Å². The van der Waals surface area contributed by atoms with Gasteiger partial charge in [0.15, 0.2) is 0 Å². The number of likely N-dealkylation sites (N-methyl/N-ethyl adjacent to an activating group) is 1. The van der Waals surface area contributed by atoms with Crippen molar-refractivity contribution in [1.82, 2.24) is 4.90 Å². The maximum atomic E-state index is 11.8. The number of carbonyl (C=O) groups is 1. The Morgan fingerprint density at radius 2 is 2.00 bits per heavy atom. The Balaban J connectivity index is 2.67. The molecule has 1 aliphatic heterocycles. The number of hydrogen-bond acceptors (Lipinski definition) is 4. The molecule has 4 nitrogen and oxygen atoms in total. The van der Waals surface area contributed by atoms with E-state index in [-0.39, 0.29) is 12.0 Å². The topological polar surface area (TPSA) is 49.8 Å². The van der Waals surface area contributed by atoms with E-state index in [4.69, 9.17) is 4.74 Å². The average Bonchev–Trinajstić information content (AvgIpc) is 2.22. The first kappa shape index (κ1) is 12.5. The number of esters is 1. The molecule has 3 atom stereocenters. The molecule has 0 radical (unpaired) electrons. The Morgan fingerprint density at radius 3 is 2.33 bits per heavy atom. The minimum atomic E-state index is -0.611. The number of carbonyl (C=O) groups excluding carboxylic acids is 1. The van der Waals surface area contributed by atoms with Gasteiger partial charge in [-0.2, -0.15) is 0 Å². The van der Waals surface area contributed by atoms with E-state index in [2.05, 4.69) is 0 Å². The number of β-amino-alcohol motifs (C(OH)–C–C–N with tert-alkyl or cyclic N) is 1. The maximum absolute atomic E-state index is 11.8. The summed E-state index contributed by atoms with van der Waals surface area (Å²) < 4.78 is 5.29. The van der Waals surface area contributed by atoms with Crippen LogP contribution in [-0.4, -0.2) is 47.3 Å². The van der Waals surface area contributed by atoms with Crippen LogP contribution in [0.25, 0.3) is 0 Å². The summed E-state index contributed by atoms with van der Waals surface area (Å²) in [5, 5.41) is 9.75. The lowest BCUT2D eigenvalue weighted by Crippen LogP contribution is -2.38. The summed E-state index contributed by atoms with van der Waals surface area (Å²) in [5.74, 6) is -0.721. The SMILES string of the molecule is C[C@H]1C(C(=O)OC(C)(C)C)C(O)CN1C. The highest BCUT2D eigenvalue weighted by molar-refractivity contribution is 5.75. The highest BCUT2D eigenvalue weighted by Gasteiger charge is 2.43. The molecule has 0 saturated carbocycles. The minimum Gasteiger partial charge on any atom is -0.460 e. The molecular formula is C11H21NO3. The second-order valence-corrected chi connectivity index (χ2v) is 5.31. The fourth-order valence-electron chi connectivity index (χ4n) is 1.89. The van der Waals surface area contributed by atoms with Gasteiger partial charge >= 0.3 is 5.97 Å². The molecule has 1 rings (SSSR count). The van der Waals surface area contributed by atoms with E-state index in [1.807, 2.05) is 39.6 Å². The van der Waals surface area contributed by atoms with Gasteiger partial charge in [-0.25, -0.2) is 0 Å². The van der Waals surface area contributed by atoms with Gasteiger partial charge in [-0.1, -0.05) is 0 Å². The van der Waals surface area contributed by atoms with E-state index in [9.17, 15) is 9.90 Å². The lowest BCUT2D eigenvalue weighted by atomic mass is 9.99. The molecule has 1 fully saturated rings. The van der Waals surface area contributed by atoms with Gasteiger partial charge in [-0.3, -0.25) is 4.79 Å². The molecule has 0 aromatic rings. The zero-order valence-electron chi connectivity index (χ0n) is 10.2. The molecule has 4 heteroatoms. The van der Waals surface area contributed by atoms with E-state index in [1.54, 1.807) is 0 Å². The van der Waals surface area contributed by atoms with Crippen LogP contribution in [0.2, 0.25) is 0 Å². The van der Waals surface area contributed by atoms with Gasteiger partial charge < -0.3 is 14.7 Å². The average molecular weight is 215 g/mol. The second-order valence-electron chi connectivity index (χ2n) is 5.31. The summed E-state index contributed by atoms with van der Waals surface area (Å²) in [4.78, 5) is 13.8. The summed E-state index contributed by atoms with van der Waals surface area (Å²) >= 11 is 0. The number of nitrogens with zero attached hydrogens (tertiary/aromatic N) is 1. The van der Waals surface area contributed by atoms with Crippen LogP contribution >= 0.6 is 0 Å². The van der Waals surface area contributed by atoms with E-state index in [1.165, 1.54) is 0 Å². The van der Waals surface area contributed by atoms with Gasteiger partial charge in [-0.15, -0.1) is 0 Å². The normalized spacial score (nSPS) is 33.1. The minimum absolute atomic E-state index is 0.0369. The fraction of sp³-hybridized carbons (Fsp3) is 0.909. The monoisotopic (exact) mass is 215 g/mol. The highest BCUT2D eigenvalue weighted by atomic mass is 16.6. The molecule has 1 heterocycles. The first-order valence-electron chi connectivity index (χ1n) is 5.33. The first-order valence-corrected chi connectivity index (χ1v) is 5.33. The van der Waals surface area contributed by atoms with Crippen LogP contribution in [0.4, 0.5) is 0 Å². The second kappa shape index (κ2) is 4.10. The van der Waals surface area contributed by atoms with Crippen LogP contribution < -0.4 is 0 Å². The smallest absolute Gasteiger partial charge is 0.313 e. The van der Waals surface area contributed by atoms with Gasteiger partial charge in [0.2, 0.25) is 0 Å². The Hall–Kier alpha value is -0.610. The van der Waals surface area contributed by atoms with E-state index in [0.717, 1.165) is 0 Å². The van der Waals surface area contributed by atoms with E-state index >= 15 is 0 Å². The summed E-state index contributed by atoms with van der Waals surface area (Å²) in [6.45, 7) is 7.97. The molecule has 0 aromatic carbocycles. The van der Waals surface area contributed by atoms with E-state index in [0.29, 0.717) is 6.54 Å². The van der Waals surface area contributed by atoms with Gasteiger partial charge in [0.05, 0.1) is 12.0 Å². The molecule has 0 spiro atoms. The van der Waals surface area contributed by atoms with Crippen molar-refractivity contribution >= 4 is 5.97 Å². The van der Waals surface area contributed by atoms with Crippen molar-refractivity contribution in [2.75, 3.05) is 13.6 Å². The molecule has 2 unspecified atom stereocenters. The van der Waals surface area contributed by atoms with Gasteiger partial charge in [0.25, 0.3) is 0 Å². The third kappa shape index (κ3) is 2.92. The standard InChI is InChI=1S/C11H21NO3/c1-7-9(8(13)6-12(7)5)10(14)15-11(2,3)4/h7-9,13H,6H2,1-5H3/t7-,8?,9?/m0/s1. The quantitative estimate of drug-likeness (QED) is 0.652. The molecule has 0 aromatic heterocycles. The Labute approximate surface area is 91.2 Å². The van der Waals surface area contributed by atoms with Gasteiger partial charge in [0.1, 0.15) is 5.60 Å². The molecule has 1 saturated heterocycles. The van der Waals surface area contributed by atoms with Crippen molar-refractivity contribution in [1.29, 1.82) is 0 Å². The molecule has 0 bridgehead atoms. The van der Waals surface area contributed by atoms with Gasteiger partial charge in [-0.05, 0) is 34.7 Å². The number of aliphatic hydroxyl groups is 1. The number of aliphatic hydroxyl groups excluding tert-OH is 1. The Bertz CT molecular complexity index is 247. The summed E-state index contributed by atoms with van der Waals surface area (Å²) in [7, 11) is 1.90. The van der Waals surface area contributed by atoms with Crippen LogP contribution in [0.1, 0.15) is 27.7 Å². The van der Waals surface area contributed by atoms with E-state index < -0.39 is 17.6 Å². The summed E-state index contributed by atoms with van der Waals surface area (Å²) in [5.41, 5.74) is -0.488. The molecular weight excluding hydrogens is 194 g/mol. The lowest BCUT2D eigenvalue weighted by Gasteiger charge is -2.25. The van der Waals surface area contributed by atoms with Crippen LogP contribution in [-0.2, 0) is 9.53 Å². The predicted octanol–water partition coefficient (Wildman–Crippen LogP) is 0.639. The van der Waals surface area contributed by atoms with Crippen LogP contribution in [0.3, 0.4) is 0 Å². The lowest BCUT2D eigenvalue weighted by molar-refractivity contribution is -0.163. The van der Waals surface area contributed by atoms with Crippen LogP contribution in [0.5, 0.6) is 0 Å². The summed E-state index contributed by atoms with van der Waals surface area (Å²) in [6.07, 6.45) is -0.611. The molecule has 1 N–H and O–H groups in total. The molecule has 0 aliphatic carbocycles. The highest BCUT2D eigenvalue weighted by Crippen LogP contribution is 2.26. The molecule has 15 heavy (non-hydrogen) atoms. The zero-order chi connectivity index (χ0) is 11.8. The van der Waals surface area contributed by atoms with Crippen molar-refractivity contribution in [3.8, 4) is 0 Å². The van der Waals surface area contributed by atoms with Crippen molar-refractivity contribution < 1.29 is 14.6 Å². The van der Waals surface area contributed by atoms with Crippen molar-refractivity contribution in [3.63, 3.8) is 0 Å². The Morgan fingerprint density at radius 1 is 1.47 bits per heavy atom. The predicted molar refractivity (Wildman–Crippen MR) is 57.4 cm³/mol. The van der Waals surface area contributed by atoms with Crippen molar-refractivity contribution in [2.24, 2.45) is 5.92 Å². The third-order valence-electron chi connectivity index (χ3n) is 2.78. The Kier molecular flexibility index (Phi) is 3.41. The largest absolute Gasteiger partial charge is 0.460 e. The fourth-order valence-corrected chi connectivity index (χ4v) is 1.89. The van der Waals surface area contributed by atoms with Gasteiger partial charge in [0, 0.05) is 12.6 Å². The van der Waals surface area contributed by atoms with Crippen LogP contribution in [0, 0.1) is 5.92 Å². The molecule has 0 amide bonds. The van der Waals surface area contributed by atoms with Crippen molar-refractivity contribution in [3.05, 3.63) is 0 Å². The third-order valence-corrected chi connectivity index (χ3v) is 2.78. The van der Waals surface area contributed by atoms with Crippen molar-refractivity contribution in [2.45, 2.75) is 45.4 Å². The number of rotatable bonds is 1. The first-order chi connectivity index (χ1) is 6.72. The zero-order valence-corrected chi connectivity index (χ0v) is 10.2. The molecule has 88 valence electrons. The number of ether oxygens (including phenoxy) is 1. The number of likely N-dealkylation sites (tertiary alicyclic amines) is 1. The maximum Gasteiger partial charge on any atom is 0.313 e.